The molecule has 1 fully saturated rings. The van der Waals surface area contributed by atoms with Crippen LogP contribution in [0.2, 0.25) is 0 Å². The summed E-state index contributed by atoms with van der Waals surface area (Å²) in [5.41, 5.74) is 2.61. The second kappa shape index (κ2) is 8.10. The Morgan fingerprint density at radius 3 is 2.55 bits per heavy atom. The standard InChI is InChI=1S/C23H22N4O3S/c1-16-15-26(31(29,30)20-8-5-18(14-24)6-9-20)12-13-27(16)23(28)21-10-7-19-4-3-11-25-22(19)17(21)2/h3-11,16H,12-13,15H2,1-2H3/t16-/m0/s1. The molecule has 2 aromatic carbocycles. The molecule has 1 aliphatic rings. The first-order chi connectivity index (χ1) is 14.8. The van der Waals surface area contributed by atoms with E-state index in [0.29, 0.717) is 17.7 Å². The number of nitrogens with zero attached hydrogens (tertiary/aromatic N) is 4. The van der Waals surface area contributed by atoms with E-state index >= 15 is 0 Å². The van der Waals surface area contributed by atoms with Crippen LogP contribution in [0.15, 0.2) is 59.6 Å². The Kier molecular flexibility index (Phi) is 5.48. The van der Waals surface area contributed by atoms with Crippen molar-refractivity contribution in [3.05, 3.63) is 71.4 Å². The molecule has 0 spiro atoms. The molecule has 7 nitrogen and oxygen atoms in total. The number of amides is 1. The maximum atomic E-state index is 13.3. The van der Waals surface area contributed by atoms with Crippen LogP contribution >= 0.6 is 0 Å². The van der Waals surface area contributed by atoms with Gasteiger partial charge in [0.05, 0.1) is 22.0 Å². The lowest BCUT2D eigenvalue weighted by Crippen LogP contribution is -2.55. The van der Waals surface area contributed by atoms with Gasteiger partial charge in [-0.1, -0.05) is 12.1 Å². The summed E-state index contributed by atoms with van der Waals surface area (Å²) < 4.78 is 27.4. The van der Waals surface area contributed by atoms with E-state index in [9.17, 15) is 13.2 Å². The second-order valence-electron chi connectivity index (χ2n) is 7.66. The van der Waals surface area contributed by atoms with Gasteiger partial charge in [0.25, 0.3) is 5.91 Å². The van der Waals surface area contributed by atoms with Crippen molar-refractivity contribution in [2.75, 3.05) is 19.6 Å². The van der Waals surface area contributed by atoms with E-state index in [1.165, 1.54) is 28.6 Å². The van der Waals surface area contributed by atoms with E-state index in [0.717, 1.165) is 16.5 Å². The average molecular weight is 435 g/mol. The summed E-state index contributed by atoms with van der Waals surface area (Å²) in [4.78, 5) is 19.5. The van der Waals surface area contributed by atoms with Gasteiger partial charge >= 0.3 is 0 Å². The first-order valence-electron chi connectivity index (χ1n) is 9.98. The molecule has 0 aliphatic carbocycles. The summed E-state index contributed by atoms with van der Waals surface area (Å²) >= 11 is 0. The Morgan fingerprint density at radius 1 is 1.13 bits per heavy atom. The monoisotopic (exact) mass is 434 g/mol. The van der Waals surface area contributed by atoms with Gasteiger partial charge in [0.2, 0.25) is 10.0 Å². The van der Waals surface area contributed by atoms with Crippen molar-refractivity contribution in [3.8, 4) is 6.07 Å². The molecular weight excluding hydrogens is 412 g/mol. The molecule has 8 heteroatoms. The predicted octanol–water partition coefficient (Wildman–Crippen LogP) is 2.95. The third-order valence-corrected chi connectivity index (χ3v) is 7.61. The molecule has 1 atom stereocenters. The van der Waals surface area contributed by atoms with E-state index < -0.39 is 10.0 Å². The highest BCUT2D eigenvalue weighted by molar-refractivity contribution is 7.89. The SMILES string of the molecule is Cc1c(C(=O)N2CCN(S(=O)(=O)c3ccc(C#N)cc3)C[C@@H]2C)ccc2cccnc12. The summed E-state index contributed by atoms with van der Waals surface area (Å²) in [5, 5.41) is 9.89. The number of piperazine rings is 1. The number of sulfonamides is 1. The van der Waals surface area contributed by atoms with Crippen LogP contribution in [-0.4, -0.2) is 54.2 Å². The largest absolute Gasteiger partial charge is 0.333 e. The van der Waals surface area contributed by atoms with E-state index in [1.54, 1.807) is 11.1 Å². The molecule has 1 aromatic heterocycles. The van der Waals surface area contributed by atoms with Crippen molar-refractivity contribution in [2.24, 2.45) is 0 Å². The Balaban J connectivity index is 1.55. The molecule has 0 radical (unpaired) electrons. The number of hydrogen-bond acceptors (Lipinski definition) is 5. The number of aromatic nitrogens is 1. The van der Waals surface area contributed by atoms with Gasteiger partial charge in [-0.25, -0.2) is 8.42 Å². The Bertz CT molecular complexity index is 1300. The molecule has 0 N–H and O–H groups in total. The molecule has 3 aromatic rings. The third kappa shape index (κ3) is 3.78. The summed E-state index contributed by atoms with van der Waals surface area (Å²) in [6.07, 6.45) is 1.71. The summed E-state index contributed by atoms with van der Waals surface area (Å²) in [6, 6.07) is 15.1. The third-order valence-electron chi connectivity index (χ3n) is 5.73. The van der Waals surface area contributed by atoms with Crippen molar-refractivity contribution >= 4 is 26.8 Å². The van der Waals surface area contributed by atoms with Gasteiger partial charge in [0.15, 0.2) is 0 Å². The van der Waals surface area contributed by atoms with Gasteiger partial charge in [-0.15, -0.1) is 0 Å². The van der Waals surface area contributed by atoms with Gasteiger partial charge in [-0.05, 0) is 55.8 Å². The van der Waals surface area contributed by atoms with Crippen LogP contribution in [0.3, 0.4) is 0 Å². The molecule has 0 unspecified atom stereocenters. The molecule has 158 valence electrons. The van der Waals surface area contributed by atoms with Crippen LogP contribution in [0.25, 0.3) is 10.9 Å². The minimum atomic E-state index is -3.69. The molecule has 1 aliphatic heterocycles. The fourth-order valence-electron chi connectivity index (χ4n) is 3.97. The number of rotatable bonds is 3. The van der Waals surface area contributed by atoms with Crippen LogP contribution in [0.1, 0.15) is 28.4 Å². The number of aryl methyl sites for hydroxylation is 1. The average Bonchev–Trinajstić information content (AvgIpc) is 2.79. The van der Waals surface area contributed by atoms with Crippen LogP contribution in [0.5, 0.6) is 0 Å². The maximum Gasteiger partial charge on any atom is 0.254 e. The molecule has 0 saturated carbocycles. The van der Waals surface area contributed by atoms with E-state index in [-0.39, 0.29) is 29.9 Å². The molecule has 1 saturated heterocycles. The lowest BCUT2D eigenvalue weighted by molar-refractivity contribution is 0.0591. The van der Waals surface area contributed by atoms with Crippen LogP contribution in [0, 0.1) is 18.3 Å². The van der Waals surface area contributed by atoms with Gasteiger partial charge in [-0.2, -0.15) is 9.57 Å². The number of hydrogen-bond donors (Lipinski definition) is 0. The highest BCUT2D eigenvalue weighted by Crippen LogP contribution is 2.25. The van der Waals surface area contributed by atoms with Gasteiger partial charge in [0, 0.05) is 42.8 Å². The molecule has 1 amide bonds. The number of benzene rings is 2. The second-order valence-corrected chi connectivity index (χ2v) is 9.60. The van der Waals surface area contributed by atoms with Crippen LogP contribution in [-0.2, 0) is 10.0 Å². The topological polar surface area (TPSA) is 94.4 Å². The number of pyridine rings is 1. The minimum absolute atomic E-state index is 0.118. The van der Waals surface area contributed by atoms with E-state index in [4.69, 9.17) is 5.26 Å². The van der Waals surface area contributed by atoms with Crippen molar-refractivity contribution in [1.29, 1.82) is 5.26 Å². The normalized spacial score (nSPS) is 17.5. The lowest BCUT2D eigenvalue weighted by atomic mass is 10.0. The molecular formula is C23H22N4O3S. The van der Waals surface area contributed by atoms with E-state index in [1.807, 2.05) is 44.2 Å². The Morgan fingerprint density at radius 2 is 1.87 bits per heavy atom. The van der Waals surface area contributed by atoms with Gasteiger partial charge < -0.3 is 4.90 Å². The van der Waals surface area contributed by atoms with Crippen molar-refractivity contribution in [1.82, 2.24) is 14.2 Å². The number of nitriles is 1. The number of carbonyl (C=O) groups excluding carboxylic acids is 1. The Labute approximate surface area is 181 Å². The summed E-state index contributed by atoms with van der Waals surface area (Å²) in [7, 11) is -3.69. The summed E-state index contributed by atoms with van der Waals surface area (Å²) in [5.74, 6) is -0.118. The smallest absolute Gasteiger partial charge is 0.254 e. The van der Waals surface area contributed by atoms with Crippen molar-refractivity contribution in [3.63, 3.8) is 0 Å². The first-order valence-corrected chi connectivity index (χ1v) is 11.4. The quantitative estimate of drug-likeness (QED) is 0.632. The lowest BCUT2D eigenvalue weighted by Gasteiger charge is -2.39. The zero-order chi connectivity index (χ0) is 22.2. The van der Waals surface area contributed by atoms with Crippen molar-refractivity contribution < 1.29 is 13.2 Å². The first kappa shape index (κ1) is 21.0. The fourth-order valence-corrected chi connectivity index (χ4v) is 5.48. The molecule has 0 bridgehead atoms. The molecule has 4 rings (SSSR count). The van der Waals surface area contributed by atoms with E-state index in [2.05, 4.69) is 4.98 Å². The maximum absolute atomic E-state index is 13.3. The van der Waals surface area contributed by atoms with Gasteiger partial charge in [0.1, 0.15) is 0 Å². The predicted molar refractivity (Wildman–Crippen MR) is 117 cm³/mol. The highest BCUT2D eigenvalue weighted by Gasteiger charge is 2.35. The van der Waals surface area contributed by atoms with Crippen LogP contribution < -0.4 is 0 Å². The zero-order valence-corrected chi connectivity index (χ0v) is 18.1. The molecule has 31 heavy (non-hydrogen) atoms. The Hall–Kier alpha value is -3.28. The van der Waals surface area contributed by atoms with Crippen LogP contribution in [0.4, 0.5) is 0 Å². The summed E-state index contributed by atoms with van der Waals surface area (Å²) in [6.45, 7) is 4.46. The minimum Gasteiger partial charge on any atom is -0.333 e. The van der Waals surface area contributed by atoms with Gasteiger partial charge in [-0.3, -0.25) is 9.78 Å². The zero-order valence-electron chi connectivity index (χ0n) is 17.3. The number of carbonyl (C=O) groups is 1. The molecule has 2 heterocycles. The highest BCUT2D eigenvalue weighted by atomic mass is 32.2. The fraction of sp³-hybridized carbons (Fsp3) is 0.261. The van der Waals surface area contributed by atoms with Crippen molar-refractivity contribution in [2.45, 2.75) is 24.8 Å². The number of fused-ring (bicyclic) bond motifs is 1.